The summed E-state index contributed by atoms with van der Waals surface area (Å²) >= 11 is 1.36. The molecule has 0 saturated heterocycles. The standard InChI is InChI=1S/C27H30N4O2S/c1-18-8-6-10-23(19(18)2)28-24(32)17-34-26-30-29-25(31(26)16-22-9-7-15-33-22)20-11-13-21(14-12-20)27(3,4)5/h6-15H,16-17H2,1-5H3,(H,28,32). The van der Waals surface area contributed by atoms with E-state index in [1.54, 1.807) is 6.26 Å². The van der Waals surface area contributed by atoms with E-state index in [4.69, 9.17) is 4.42 Å². The Morgan fingerprint density at radius 2 is 1.79 bits per heavy atom. The molecule has 0 fully saturated rings. The third-order valence-electron chi connectivity index (χ3n) is 5.83. The highest BCUT2D eigenvalue weighted by Crippen LogP contribution is 2.29. The van der Waals surface area contributed by atoms with Crippen molar-refractivity contribution in [3.63, 3.8) is 0 Å². The van der Waals surface area contributed by atoms with E-state index >= 15 is 0 Å². The molecule has 0 spiro atoms. The van der Waals surface area contributed by atoms with Gasteiger partial charge in [0.1, 0.15) is 5.76 Å². The van der Waals surface area contributed by atoms with Crippen molar-refractivity contribution in [1.82, 2.24) is 14.8 Å². The first-order chi connectivity index (χ1) is 16.2. The number of nitrogens with zero attached hydrogens (tertiary/aromatic N) is 3. The molecule has 0 atom stereocenters. The number of amides is 1. The van der Waals surface area contributed by atoms with Crippen LogP contribution in [0.4, 0.5) is 5.69 Å². The Labute approximate surface area is 204 Å². The van der Waals surface area contributed by atoms with Gasteiger partial charge >= 0.3 is 0 Å². The lowest BCUT2D eigenvalue weighted by Gasteiger charge is -2.19. The second-order valence-electron chi connectivity index (χ2n) is 9.38. The van der Waals surface area contributed by atoms with Gasteiger partial charge in [-0.3, -0.25) is 9.36 Å². The maximum Gasteiger partial charge on any atom is 0.234 e. The number of furan rings is 1. The lowest BCUT2D eigenvalue weighted by atomic mass is 9.87. The predicted octanol–water partition coefficient (Wildman–Crippen LogP) is 6.23. The highest BCUT2D eigenvalue weighted by molar-refractivity contribution is 7.99. The lowest BCUT2D eigenvalue weighted by Crippen LogP contribution is -2.15. The van der Waals surface area contributed by atoms with Crippen LogP contribution in [0, 0.1) is 13.8 Å². The monoisotopic (exact) mass is 474 g/mol. The first-order valence-electron chi connectivity index (χ1n) is 11.3. The number of aryl methyl sites for hydroxylation is 1. The Kier molecular flexibility index (Phi) is 6.93. The van der Waals surface area contributed by atoms with Crippen molar-refractivity contribution in [1.29, 1.82) is 0 Å². The molecule has 0 aliphatic carbocycles. The molecule has 0 saturated carbocycles. The van der Waals surface area contributed by atoms with Crippen LogP contribution in [0.1, 0.15) is 43.2 Å². The number of hydrogen-bond donors (Lipinski definition) is 1. The van der Waals surface area contributed by atoms with Gasteiger partial charge in [-0.1, -0.05) is 68.9 Å². The third kappa shape index (κ3) is 5.42. The first kappa shape index (κ1) is 23.8. The molecule has 2 aromatic carbocycles. The van der Waals surface area contributed by atoms with Gasteiger partial charge in [0.2, 0.25) is 5.91 Å². The number of anilines is 1. The maximum absolute atomic E-state index is 12.7. The molecule has 0 aliphatic heterocycles. The summed E-state index contributed by atoms with van der Waals surface area (Å²) < 4.78 is 7.58. The molecule has 0 aliphatic rings. The van der Waals surface area contributed by atoms with Crippen LogP contribution in [0.3, 0.4) is 0 Å². The fraction of sp³-hybridized carbons (Fsp3) is 0.296. The van der Waals surface area contributed by atoms with Crippen LogP contribution in [0.5, 0.6) is 0 Å². The van der Waals surface area contributed by atoms with Crippen molar-refractivity contribution in [3.05, 3.63) is 83.3 Å². The second-order valence-corrected chi connectivity index (χ2v) is 10.3. The zero-order chi connectivity index (χ0) is 24.3. The summed E-state index contributed by atoms with van der Waals surface area (Å²) in [6, 6.07) is 18.1. The number of nitrogens with one attached hydrogen (secondary N) is 1. The van der Waals surface area contributed by atoms with Crippen molar-refractivity contribution < 1.29 is 9.21 Å². The van der Waals surface area contributed by atoms with Gasteiger partial charge in [-0.25, -0.2) is 0 Å². The summed E-state index contributed by atoms with van der Waals surface area (Å²) in [5, 5.41) is 12.6. The average molecular weight is 475 g/mol. The first-order valence-corrected chi connectivity index (χ1v) is 12.3. The molecule has 1 N–H and O–H groups in total. The number of hydrogen-bond acceptors (Lipinski definition) is 5. The summed E-state index contributed by atoms with van der Waals surface area (Å²) in [5.74, 6) is 1.69. The molecule has 176 valence electrons. The normalized spacial score (nSPS) is 11.6. The van der Waals surface area contributed by atoms with E-state index in [0.29, 0.717) is 11.7 Å². The number of benzene rings is 2. The van der Waals surface area contributed by atoms with Crippen LogP contribution in [0.2, 0.25) is 0 Å². The predicted molar refractivity (Wildman–Crippen MR) is 137 cm³/mol. The molecule has 34 heavy (non-hydrogen) atoms. The molecule has 2 heterocycles. The van der Waals surface area contributed by atoms with Gasteiger partial charge in [0, 0.05) is 11.3 Å². The van der Waals surface area contributed by atoms with Crippen molar-refractivity contribution in [3.8, 4) is 11.4 Å². The number of carbonyl (C=O) groups excluding carboxylic acids is 1. The topological polar surface area (TPSA) is 73.0 Å². The molecular formula is C27H30N4O2S. The number of carbonyl (C=O) groups is 1. The highest BCUT2D eigenvalue weighted by Gasteiger charge is 2.19. The van der Waals surface area contributed by atoms with Gasteiger partial charge in [-0.15, -0.1) is 10.2 Å². The van der Waals surface area contributed by atoms with Gasteiger partial charge in [-0.2, -0.15) is 0 Å². The van der Waals surface area contributed by atoms with Crippen LogP contribution in [0.25, 0.3) is 11.4 Å². The minimum absolute atomic E-state index is 0.0738. The van der Waals surface area contributed by atoms with Crippen LogP contribution in [-0.4, -0.2) is 26.4 Å². The van der Waals surface area contributed by atoms with Crippen LogP contribution in [0.15, 0.2) is 70.4 Å². The van der Waals surface area contributed by atoms with Crippen LogP contribution >= 0.6 is 11.8 Å². The van der Waals surface area contributed by atoms with Gasteiger partial charge < -0.3 is 9.73 Å². The van der Waals surface area contributed by atoms with E-state index in [9.17, 15) is 4.79 Å². The smallest absolute Gasteiger partial charge is 0.234 e. The molecular weight excluding hydrogens is 444 g/mol. The lowest BCUT2D eigenvalue weighted by molar-refractivity contribution is -0.113. The molecule has 7 heteroatoms. The zero-order valence-corrected chi connectivity index (χ0v) is 21.1. The summed E-state index contributed by atoms with van der Waals surface area (Å²) in [7, 11) is 0. The van der Waals surface area contributed by atoms with E-state index in [0.717, 1.165) is 34.0 Å². The van der Waals surface area contributed by atoms with E-state index < -0.39 is 0 Å². The Morgan fingerprint density at radius 3 is 2.47 bits per heavy atom. The van der Waals surface area contributed by atoms with Crippen molar-refractivity contribution in [2.24, 2.45) is 0 Å². The third-order valence-corrected chi connectivity index (χ3v) is 6.80. The Balaban J connectivity index is 1.55. The Bertz CT molecular complexity index is 1270. The number of aromatic nitrogens is 3. The summed E-state index contributed by atoms with van der Waals surface area (Å²) in [6.45, 7) is 11.1. The van der Waals surface area contributed by atoms with Crippen molar-refractivity contribution >= 4 is 23.4 Å². The van der Waals surface area contributed by atoms with E-state index in [2.05, 4.69) is 60.6 Å². The van der Waals surface area contributed by atoms with Gasteiger partial charge in [0.15, 0.2) is 11.0 Å². The van der Waals surface area contributed by atoms with E-state index in [-0.39, 0.29) is 17.1 Å². The number of rotatable bonds is 7. The molecule has 4 aromatic rings. The summed E-state index contributed by atoms with van der Waals surface area (Å²) in [4.78, 5) is 12.7. The minimum atomic E-state index is -0.0812. The molecule has 4 rings (SSSR count). The fourth-order valence-corrected chi connectivity index (χ4v) is 4.37. The van der Waals surface area contributed by atoms with Gasteiger partial charge in [0.05, 0.1) is 18.6 Å². The second kappa shape index (κ2) is 9.89. The van der Waals surface area contributed by atoms with Crippen molar-refractivity contribution in [2.75, 3.05) is 11.1 Å². The molecule has 6 nitrogen and oxygen atoms in total. The van der Waals surface area contributed by atoms with Crippen molar-refractivity contribution in [2.45, 2.75) is 51.7 Å². The maximum atomic E-state index is 12.7. The van der Waals surface area contributed by atoms with E-state index in [1.807, 2.05) is 48.7 Å². The molecule has 0 radical (unpaired) electrons. The highest BCUT2D eigenvalue weighted by atomic mass is 32.2. The summed E-state index contributed by atoms with van der Waals surface area (Å²) in [5.41, 5.74) is 5.35. The van der Waals surface area contributed by atoms with Gasteiger partial charge in [-0.05, 0) is 54.2 Å². The van der Waals surface area contributed by atoms with Crippen LogP contribution in [-0.2, 0) is 16.8 Å². The quantitative estimate of drug-likeness (QED) is 0.321. The summed E-state index contributed by atoms with van der Waals surface area (Å²) in [6.07, 6.45) is 1.65. The average Bonchev–Trinajstić information content (AvgIpc) is 3.45. The van der Waals surface area contributed by atoms with Crippen LogP contribution < -0.4 is 5.32 Å². The largest absolute Gasteiger partial charge is 0.467 e. The minimum Gasteiger partial charge on any atom is -0.467 e. The van der Waals surface area contributed by atoms with E-state index in [1.165, 1.54) is 17.3 Å². The molecule has 2 aromatic heterocycles. The number of thioether (sulfide) groups is 1. The zero-order valence-electron chi connectivity index (χ0n) is 20.3. The fourth-order valence-electron chi connectivity index (χ4n) is 3.63. The Morgan fingerprint density at radius 1 is 1.03 bits per heavy atom. The van der Waals surface area contributed by atoms with Gasteiger partial charge in [0.25, 0.3) is 0 Å². The SMILES string of the molecule is Cc1cccc(NC(=O)CSc2nnc(-c3ccc(C(C)(C)C)cc3)n2Cc2ccco2)c1C. The molecule has 0 unspecified atom stereocenters. The molecule has 1 amide bonds. The molecule has 0 bridgehead atoms. The Hall–Kier alpha value is -3.32.